The Labute approximate surface area is 213 Å². The molecule has 0 saturated carbocycles. The van der Waals surface area contributed by atoms with Crippen molar-refractivity contribution in [2.75, 3.05) is 38.8 Å². The molecule has 202 valence electrons. The summed E-state index contributed by atoms with van der Waals surface area (Å²) in [5.41, 5.74) is 3.11. The van der Waals surface area contributed by atoms with Crippen molar-refractivity contribution < 1.29 is 32.2 Å². The molecule has 1 aromatic heterocycles. The topological polar surface area (TPSA) is 97.8 Å². The summed E-state index contributed by atoms with van der Waals surface area (Å²) in [5, 5.41) is 4.90. The van der Waals surface area contributed by atoms with Crippen molar-refractivity contribution in [3.63, 3.8) is 0 Å². The van der Waals surface area contributed by atoms with E-state index >= 15 is 0 Å². The number of aromatic nitrogens is 2. The number of ether oxygens (including phenoxy) is 3. The Morgan fingerprint density at radius 3 is 2.49 bits per heavy atom. The smallest absolute Gasteiger partial charge is 0.266 e. The first-order chi connectivity index (χ1) is 17.7. The number of hydrogen-bond acceptors (Lipinski definition) is 8. The van der Waals surface area contributed by atoms with Gasteiger partial charge in [0.25, 0.3) is 6.43 Å². The van der Waals surface area contributed by atoms with Gasteiger partial charge in [-0.2, -0.15) is 0 Å². The van der Waals surface area contributed by atoms with E-state index in [-0.39, 0.29) is 29.8 Å². The number of amides is 1. The Balaban J connectivity index is 1.59. The number of alkyl halides is 2. The molecule has 1 aromatic carbocycles. The van der Waals surface area contributed by atoms with E-state index in [0.29, 0.717) is 43.5 Å². The van der Waals surface area contributed by atoms with E-state index < -0.39 is 30.1 Å². The van der Waals surface area contributed by atoms with E-state index in [1.54, 1.807) is 18.9 Å². The third-order valence-corrected chi connectivity index (χ3v) is 6.47. The molecule has 1 atom stereocenters. The van der Waals surface area contributed by atoms with Crippen LogP contribution < -0.4 is 10.7 Å². The zero-order valence-corrected chi connectivity index (χ0v) is 21.1. The van der Waals surface area contributed by atoms with Gasteiger partial charge in [0.2, 0.25) is 5.91 Å². The van der Waals surface area contributed by atoms with Crippen molar-refractivity contribution in [3.8, 4) is 0 Å². The summed E-state index contributed by atoms with van der Waals surface area (Å²) < 4.78 is 58.1. The molecule has 2 N–H and O–H groups in total. The van der Waals surface area contributed by atoms with Crippen molar-refractivity contribution in [3.05, 3.63) is 52.2 Å². The normalized spacial score (nSPS) is 17.9. The van der Waals surface area contributed by atoms with Gasteiger partial charge in [-0.3, -0.25) is 10.2 Å². The summed E-state index contributed by atoms with van der Waals surface area (Å²) in [6.07, 6.45) is -2.22. The van der Waals surface area contributed by atoms with Gasteiger partial charge in [0.05, 0.1) is 42.5 Å². The Hall–Kier alpha value is -2.80. The van der Waals surface area contributed by atoms with E-state index in [1.807, 2.05) is 7.05 Å². The minimum absolute atomic E-state index is 0.0608. The summed E-state index contributed by atoms with van der Waals surface area (Å²) in [6, 6.07) is 3.33. The molecule has 2 aromatic rings. The minimum Gasteiger partial charge on any atom is -0.381 e. The lowest BCUT2D eigenvalue weighted by Gasteiger charge is -2.31. The maximum atomic E-state index is 14.8. The van der Waals surface area contributed by atoms with E-state index in [1.165, 1.54) is 12.1 Å². The molecule has 37 heavy (non-hydrogen) atoms. The fourth-order valence-corrected chi connectivity index (χ4v) is 4.56. The van der Waals surface area contributed by atoms with Crippen LogP contribution in [0.25, 0.3) is 0 Å². The number of carbonyl (C=O) groups is 1. The first kappa shape index (κ1) is 27.2. The van der Waals surface area contributed by atoms with Gasteiger partial charge in [0.1, 0.15) is 17.5 Å². The summed E-state index contributed by atoms with van der Waals surface area (Å²) in [4.78, 5) is 21.9. The summed E-state index contributed by atoms with van der Waals surface area (Å²) in [7, 11) is 1.82. The third kappa shape index (κ3) is 6.56. The first-order valence-electron chi connectivity index (χ1n) is 12.3. The van der Waals surface area contributed by atoms with Crippen LogP contribution in [-0.4, -0.2) is 60.4 Å². The highest BCUT2D eigenvalue weighted by Gasteiger charge is 2.30. The maximum absolute atomic E-state index is 14.8. The van der Waals surface area contributed by atoms with Crippen LogP contribution in [0.4, 0.5) is 19.0 Å². The molecule has 2 aliphatic rings. The van der Waals surface area contributed by atoms with Crippen molar-refractivity contribution in [2.45, 2.75) is 57.9 Å². The fourth-order valence-electron chi connectivity index (χ4n) is 4.56. The first-order valence-corrected chi connectivity index (χ1v) is 12.3. The van der Waals surface area contributed by atoms with Gasteiger partial charge in [0.15, 0.2) is 6.29 Å². The molecule has 3 heterocycles. The molecule has 1 amide bonds. The van der Waals surface area contributed by atoms with Gasteiger partial charge >= 0.3 is 0 Å². The van der Waals surface area contributed by atoms with E-state index in [4.69, 9.17) is 14.2 Å². The number of halogens is 3. The second-order valence-corrected chi connectivity index (χ2v) is 9.14. The number of nitrogens with one attached hydrogen (secondary N) is 2. The van der Waals surface area contributed by atoms with E-state index in [9.17, 15) is 18.0 Å². The minimum atomic E-state index is -2.94. The van der Waals surface area contributed by atoms with Gasteiger partial charge in [-0.25, -0.2) is 28.1 Å². The number of nitrogens with zero attached hydrogens (tertiary/aromatic N) is 3. The van der Waals surface area contributed by atoms with E-state index in [0.717, 1.165) is 18.9 Å². The highest BCUT2D eigenvalue weighted by atomic mass is 19.3. The highest BCUT2D eigenvalue weighted by Crippen LogP contribution is 2.34. The lowest BCUT2D eigenvalue weighted by molar-refractivity contribution is -0.126. The van der Waals surface area contributed by atoms with Crippen LogP contribution in [0.2, 0.25) is 0 Å². The zero-order chi connectivity index (χ0) is 26.5. The van der Waals surface area contributed by atoms with Gasteiger partial charge in [-0.05, 0) is 26.7 Å². The summed E-state index contributed by atoms with van der Waals surface area (Å²) in [5.74, 6) is -0.594. The van der Waals surface area contributed by atoms with Crippen molar-refractivity contribution in [1.82, 2.24) is 20.4 Å². The largest absolute Gasteiger partial charge is 0.381 e. The lowest BCUT2D eigenvalue weighted by Crippen LogP contribution is -2.48. The Kier molecular flexibility index (Phi) is 8.95. The molecule has 0 unspecified atom stereocenters. The standard InChI is InChI=1S/C25H32F3N5O4/c1-14(17-5-4-6-18(22(17)26)23(27)28)29-24-21(25-36-11-12-37-25)19(30-15(2)31-24)13-20(34)32-33(3)16-7-9-35-10-8-16/h4-6,14,16,23,25H,7-13H2,1-3H3,(H,32,34)(H,29,30,31)/t14-/m1/s1. The predicted molar refractivity (Wildman–Crippen MR) is 128 cm³/mol. The number of hydrogen-bond donors (Lipinski definition) is 2. The molecule has 0 bridgehead atoms. The van der Waals surface area contributed by atoms with Crippen LogP contribution >= 0.6 is 0 Å². The van der Waals surface area contributed by atoms with Crippen molar-refractivity contribution in [2.24, 2.45) is 0 Å². The van der Waals surface area contributed by atoms with Crippen LogP contribution in [0.1, 0.15) is 66.7 Å². The lowest BCUT2D eigenvalue weighted by atomic mass is 10.0. The molecule has 12 heteroatoms. The number of benzene rings is 1. The molecule has 2 aliphatic heterocycles. The van der Waals surface area contributed by atoms with E-state index in [2.05, 4.69) is 20.7 Å². The Morgan fingerprint density at radius 1 is 1.14 bits per heavy atom. The van der Waals surface area contributed by atoms with Crippen LogP contribution in [-0.2, 0) is 25.4 Å². The molecular weight excluding hydrogens is 491 g/mol. The second-order valence-electron chi connectivity index (χ2n) is 9.14. The van der Waals surface area contributed by atoms with Crippen molar-refractivity contribution >= 4 is 11.7 Å². The molecule has 0 radical (unpaired) electrons. The average Bonchev–Trinajstić information content (AvgIpc) is 3.38. The van der Waals surface area contributed by atoms with Crippen LogP contribution in [0, 0.1) is 12.7 Å². The zero-order valence-electron chi connectivity index (χ0n) is 21.1. The molecule has 2 saturated heterocycles. The number of anilines is 1. The SMILES string of the molecule is Cc1nc(CC(=O)NN(C)C2CCOCC2)c(C2OCCO2)c(N[C@H](C)c2cccc(C(F)F)c2F)n1. The highest BCUT2D eigenvalue weighted by molar-refractivity contribution is 5.78. The quantitative estimate of drug-likeness (QED) is 0.480. The monoisotopic (exact) mass is 523 g/mol. The van der Waals surface area contributed by atoms with Crippen LogP contribution in [0.15, 0.2) is 18.2 Å². The van der Waals surface area contributed by atoms with Gasteiger partial charge in [-0.1, -0.05) is 18.2 Å². The fraction of sp³-hybridized carbons (Fsp3) is 0.560. The van der Waals surface area contributed by atoms with Gasteiger partial charge < -0.3 is 19.5 Å². The number of aryl methyl sites for hydroxylation is 1. The number of hydrazine groups is 1. The summed E-state index contributed by atoms with van der Waals surface area (Å²) >= 11 is 0. The van der Waals surface area contributed by atoms with Crippen molar-refractivity contribution in [1.29, 1.82) is 0 Å². The van der Waals surface area contributed by atoms with Gasteiger partial charge in [0, 0.05) is 31.9 Å². The molecular formula is C25H32F3N5O4. The third-order valence-electron chi connectivity index (χ3n) is 6.47. The predicted octanol–water partition coefficient (Wildman–Crippen LogP) is 3.76. The molecule has 0 spiro atoms. The Bertz CT molecular complexity index is 1090. The maximum Gasteiger partial charge on any atom is 0.266 e. The molecule has 4 rings (SSSR count). The Morgan fingerprint density at radius 2 is 1.81 bits per heavy atom. The average molecular weight is 524 g/mol. The second kappa shape index (κ2) is 12.2. The van der Waals surface area contributed by atoms with Gasteiger partial charge in [-0.15, -0.1) is 0 Å². The number of rotatable bonds is 9. The van der Waals surface area contributed by atoms with Crippen LogP contribution in [0.5, 0.6) is 0 Å². The number of carbonyl (C=O) groups excluding carboxylic acids is 1. The molecule has 0 aliphatic carbocycles. The molecule has 2 fully saturated rings. The summed E-state index contributed by atoms with van der Waals surface area (Å²) in [6.45, 7) is 5.28. The van der Waals surface area contributed by atoms with Crippen LogP contribution in [0.3, 0.4) is 0 Å². The molecule has 9 nitrogen and oxygen atoms in total.